The van der Waals surface area contributed by atoms with Crippen LogP contribution in [0.5, 0.6) is 0 Å². The minimum absolute atomic E-state index is 0.0471. The van der Waals surface area contributed by atoms with Crippen molar-refractivity contribution in [3.05, 3.63) is 217 Å². The van der Waals surface area contributed by atoms with Crippen molar-refractivity contribution in [2.24, 2.45) is 0 Å². The Balaban J connectivity index is 0.000000343. The number of nitrogen functional groups attached to an aromatic ring is 2. The minimum atomic E-state index is -3.82. The second-order valence-corrected chi connectivity index (χ2v) is 25.0. The first kappa shape index (κ1) is 86.7. The Kier molecular flexibility index (Phi) is 33.6. The molecule has 32 nitrogen and oxygen atoms in total. The standard InChI is InChI=1S/C17H18F2N4O4S.C14H10F2N4O4.C14H12F2N4O2.C7H5F2NO3.C7H9N3O.C3H6ClO2S/c1-3-8-28(26,27)23-13-6-5-12(18)15(16(13)19)17(25)22-11-4-7-14(20-9-11)21-10(2)24;1-7(21)18-11-5-2-8(6-17-11)19-14(22)12-9(15)3-4-10(13(12)16)20(23)24;1-7(21)19-11-5-2-8(6-18-11)20-14(22)12-9(15)3-4-10(17)13(12)16;8-5-1-2-6(10(12)13)7(9)4(5)3-11;1-5(11)10-7-3-2-6(8)4-9-7;1-2-3-7(4,5)6/h4-7,9,23H,3,8H2,1-2H3,(H,22,25)(H,20,21,24);2-6H,1H3,(H,19,22)(H,17,18,21);2-6H,17H2,1H3,(H,20,22)(H,18,19,21);1-2,11H,3H2;2-4H,8H2,1H3,(H,9,10,11);2H,3H2,1H3/q;;;;;+1. The van der Waals surface area contributed by atoms with Gasteiger partial charge in [0.2, 0.25) is 51.0 Å². The second-order valence-electron chi connectivity index (χ2n) is 20.3. The van der Waals surface area contributed by atoms with Crippen LogP contribution in [-0.4, -0.2) is 105 Å². The fraction of sp³-hybridized carbons (Fsp3) is 0.161. The van der Waals surface area contributed by atoms with Gasteiger partial charge in [0.05, 0.1) is 100 Å². The number of nitro benzene ring substituents is 2. The van der Waals surface area contributed by atoms with E-state index in [1.165, 1.54) is 89.1 Å². The van der Waals surface area contributed by atoms with E-state index in [0.717, 1.165) is 36.5 Å². The Bertz CT molecular complexity index is 4720. The van der Waals surface area contributed by atoms with Crippen LogP contribution in [0.25, 0.3) is 0 Å². The van der Waals surface area contributed by atoms with E-state index in [1.807, 2.05) is 4.72 Å². The summed E-state index contributed by atoms with van der Waals surface area (Å²) in [6.07, 6.45) is 6.86. The molecule has 13 N–H and O–H groups in total. The average molecular weight is 1540 g/mol. The molecule has 0 aliphatic heterocycles. The number of aliphatic hydroxyl groups excluding tert-OH is 1. The number of carbonyl (C=O) groups excluding carboxylic acids is 7. The van der Waals surface area contributed by atoms with Crippen molar-refractivity contribution in [2.75, 3.05) is 64.9 Å². The third-order valence-corrected chi connectivity index (χ3v) is 14.4. The molecule has 4 aromatic carbocycles. The Labute approximate surface area is 594 Å². The molecule has 0 saturated heterocycles. The van der Waals surface area contributed by atoms with E-state index >= 15 is 0 Å². The third kappa shape index (κ3) is 29.1. The third-order valence-electron chi connectivity index (χ3n) is 11.9. The van der Waals surface area contributed by atoms with Crippen molar-refractivity contribution >= 4 is 140 Å². The highest BCUT2D eigenvalue weighted by Gasteiger charge is 2.28. The minimum Gasteiger partial charge on any atom is -0.397 e. The van der Waals surface area contributed by atoms with E-state index in [9.17, 15) is 106 Å². The van der Waals surface area contributed by atoms with Crippen LogP contribution in [-0.2, 0) is 44.9 Å². The summed E-state index contributed by atoms with van der Waals surface area (Å²) in [7, 11) is -2.31. The van der Waals surface area contributed by atoms with Crippen molar-refractivity contribution in [1.29, 1.82) is 0 Å². The van der Waals surface area contributed by atoms with Gasteiger partial charge in [-0.25, -0.2) is 63.1 Å². The topological polar surface area (TPSA) is 494 Å². The van der Waals surface area contributed by atoms with Gasteiger partial charge in [-0.2, -0.15) is 8.78 Å². The summed E-state index contributed by atoms with van der Waals surface area (Å²) >= 11 is 0. The number of pyridine rings is 4. The molecule has 4 heterocycles. The highest BCUT2D eigenvalue weighted by Crippen LogP contribution is 2.28. The number of hydrogen-bond donors (Lipinski definition) is 11. The predicted octanol–water partition coefficient (Wildman–Crippen LogP) is 10.1. The number of nitrogens with two attached hydrogens (primary N) is 2. The van der Waals surface area contributed by atoms with Crippen LogP contribution in [0.1, 0.15) is 84.6 Å². The Hall–Kier alpha value is -12.6. The largest absolute Gasteiger partial charge is 0.397 e. The molecule has 0 saturated carbocycles. The number of carbonyl (C=O) groups is 7. The quantitative estimate of drug-likeness (QED) is 0.00895. The smallest absolute Gasteiger partial charge is 0.305 e. The van der Waals surface area contributed by atoms with Gasteiger partial charge in [0.15, 0.2) is 11.6 Å². The zero-order valence-electron chi connectivity index (χ0n) is 55.1. The summed E-state index contributed by atoms with van der Waals surface area (Å²) in [5.41, 5.74) is 5.50. The molecule has 8 aromatic rings. The first-order valence-corrected chi connectivity index (χ1v) is 33.2. The van der Waals surface area contributed by atoms with Gasteiger partial charge in [0.25, 0.3) is 26.8 Å². The lowest BCUT2D eigenvalue weighted by Crippen LogP contribution is -2.20. The normalized spacial score (nSPS) is 10.3. The molecular weight excluding hydrogens is 1480 g/mol. The molecular formula is C62H60ClF8N16O16S2+. The van der Waals surface area contributed by atoms with E-state index in [0.29, 0.717) is 36.1 Å². The number of anilines is 10. The molecule has 0 spiro atoms. The number of benzene rings is 4. The van der Waals surface area contributed by atoms with E-state index in [4.69, 9.17) is 27.3 Å². The van der Waals surface area contributed by atoms with E-state index in [-0.39, 0.29) is 75.3 Å². The number of halogens is 9. The lowest BCUT2D eigenvalue weighted by Gasteiger charge is -2.12. The molecule has 0 bridgehead atoms. The second kappa shape index (κ2) is 40.8. The number of aliphatic hydroxyl groups is 1. The summed E-state index contributed by atoms with van der Waals surface area (Å²) in [6, 6.07) is 18.0. The number of nitrogens with zero attached hydrogens (tertiary/aromatic N) is 6. The highest BCUT2D eigenvalue weighted by atomic mass is 35.7. The van der Waals surface area contributed by atoms with Gasteiger partial charge in [-0.3, -0.25) is 58.5 Å². The molecule has 8 rings (SSSR count). The molecule has 43 heteroatoms. The number of nitro groups is 2. The maximum Gasteiger partial charge on any atom is 0.305 e. The molecule has 558 valence electrons. The van der Waals surface area contributed by atoms with Crippen LogP contribution in [0.15, 0.2) is 122 Å². The Morgan fingerprint density at radius 2 is 0.848 bits per heavy atom. The molecule has 7 amide bonds. The summed E-state index contributed by atoms with van der Waals surface area (Å²) < 4.78 is 155. The number of aromatic nitrogens is 4. The van der Waals surface area contributed by atoms with Gasteiger partial charge >= 0.3 is 11.4 Å². The van der Waals surface area contributed by atoms with E-state index < -0.39 is 139 Å². The van der Waals surface area contributed by atoms with Gasteiger partial charge < -0.3 is 53.8 Å². The molecule has 4 aromatic heterocycles. The van der Waals surface area contributed by atoms with Gasteiger partial charge in [-0.1, -0.05) is 6.92 Å². The van der Waals surface area contributed by atoms with Gasteiger partial charge in [-0.05, 0) is 91.3 Å². The van der Waals surface area contributed by atoms with Crippen molar-refractivity contribution in [3.8, 4) is 0 Å². The molecule has 0 aliphatic rings. The molecule has 105 heavy (non-hydrogen) atoms. The van der Waals surface area contributed by atoms with Crippen LogP contribution >= 0.6 is 10.7 Å². The zero-order valence-corrected chi connectivity index (χ0v) is 57.5. The SMILES string of the molecule is CC(=O)Nc1ccc(N)cn1.CC(=O)Nc1ccc(NC(=O)c2c(F)ccc(N)c2F)cn1.CC(=O)Nc1ccc(NC(=O)c2c(F)ccc([N+](=O)[O-])c2F)cn1.CCCS(=O)(=O)Nc1ccc(F)c(C(=O)Nc2ccc(NC(C)=O)nc2)c1F.C[CH+]CS(=O)(=O)Cl.O=[N+]([O-])c1ccc(F)c(CO)c1F. The molecule has 0 fully saturated rings. The molecule has 0 unspecified atom stereocenters. The highest BCUT2D eigenvalue weighted by molar-refractivity contribution is 8.13. The fourth-order valence-corrected chi connectivity index (χ4v) is 9.38. The molecule has 0 radical (unpaired) electrons. The lowest BCUT2D eigenvalue weighted by molar-refractivity contribution is -0.387. The van der Waals surface area contributed by atoms with Crippen LogP contribution in [0, 0.1) is 73.2 Å². The number of rotatable bonds is 19. The average Bonchev–Trinajstić information content (AvgIpc) is 0.823. The number of nitrogens with one attached hydrogen (secondary N) is 8. The van der Waals surface area contributed by atoms with Crippen molar-refractivity contribution in [2.45, 2.75) is 54.6 Å². The molecule has 0 aliphatic carbocycles. The summed E-state index contributed by atoms with van der Waals surface area (Å²) in [6.45, 7) is 7.69. The van der Waals surface area contributed by atoms with Crippen molar-refractivity contribution in [3.63, 3.8) is 0 Å². The monoisotopic (exact) mass is 1540 g/mol. The number of amides is 7. The van der Waals surface area contributed by atoms with Crippen LogP contribution in [0.2, 0.25) is 0 Å². The first-order chi connectivity index (χ1) is 49.1. The van der Waals surface area contributed by atoms with Crippen molar-refractivity contribution in [1.82, 2.24) is 19.9 Å². The molecule has 0 atom stereocenters. The lowest BCUT2D eigenvalue weighted by atomic mass is 10.1. The maximum absolute atomic E-state index is 14.6. The number of sulfonamides is 1. The maximum atomic E-state index is 14.6. The summed E-state index contributed by atoms with van der Waals surface area (Å²) in [5.74, 6) is -13.2. The first-order valence-electron chi connectivity index (χ1n) is 29.0. The van der Waals surface area contributed by atoms with Crippen LogP contribution < -0.4 is 53.4 Å². The zero-order chi connectivity index (χ0) is 79.2. The summed E-state index contributed by atoms with van der Waals surface area (Å²) in [4.78, 5) is 114. The van der Waals surface area contributed by atoms with Gasteiger partial charge in [-0.15, -0.1) is 0 Å². The van der Waals surface area contributed by atoms with Crippen LogP contribution in [0.4, 0.5) is 104 Å². The fourth-order valence-electron chi connectivity index (χ4n) is 7.47. The van der Waals surface area contributed by atoms with Gasteiger partial charge in [0, 0.05) is 50.5 Å². The van der Waals surface area contributed by atoms with E-state index in [1.54, 1.807) is 26.0 Å². The number of hydrogen-bond acceptors (Lipinski definition) is 22. The Morgan fingerprint density at radius 1 is 0.495 bits per heavy atom. The van der Waals surface area contributed by atoms with Crippen molar-refractivity contribution < 1.29 is 100 Å². The van der Waals surface area contributed by atoms with Crippen LogP contribution in [0.3, 0.4) is 0 Å². The predicted molar refractivity (Wildman–Crippen MR) is 369 cm³/mol. The summed E-state index contributed by atoms with van der Waals surface area (Å²) in [5, 5.41) is 45.9. The Morgan fingerprint density at radius 3 is 1.17 bits per heavy atom. The van der Waals surface area contributed by atoms with Gasteiger partial charge in [0.1, 0.15) is 63.2 Å². The van der Waals surface area contributed by atoms with E-state index in [2.05, 4.69) is 57.2 Å².